The number of fused-ring (bicyclic) bond motifs is 1. The fourth-order valence-electron chi connectivity index (χ4n) is 1.79. The van der Waals surface area contributed by atoms with E-state index in [4.69, 9.17) is 37.8 Å². The fraction of sp³-hybridized carbons (Fsp3) is 0.250. The molecule has 1 aliphatic heterocycles. The van der Waals surface area contributed by atoms with Gasteiger partial charge in [0, 0.05) is 5.56 Å². The van der Waals surface area contributed by atoms with E-state index in [1.54, 1.807) is 0 Å². The minimum absolute atomic E-state index is 0.0544. The Morgan fingerprint density at radius 1 is 1.43 bits per heavy atom. The van der Waals surface area contributed by atoms with Crippen molar-refractivity contribution in [2.45, 2.75) is 11.2 Å². The zero-order valence-electron chi connectivity index (χ0n) is 10.3. The number of carbonyl (C=O) groups is 1. The first kappa shape index (κ1) is 15.8. The van der Waals surface area contributed by atoms with Crippen molar-refractivity contribution in [2.24, 2.45) is 0 Å². The monoisotopic (exact) mass is 342 g/mol. The molecule has 0 bridgehead atoms. The van der Waals surface area contributed by atoms with Crippen LogP contribution >= 0.6 is 23.2 Å². The lowest BCUT2D eigenvalue weighted by molar-refractivity contribution is -0.199. The van der Waals surface area contributed by atoms with E-state index >= 15 is 0 Å². The number of methoxy groups -OCH3 is 1. The largest absolute Gasteiger partial charge is 0.496 e. The Balaban J connectivity index is 2.71. The number of halogens is 5. The smallest absolute Gasteiger partial charge is 0.449 e. The highest BCUT2D eigenvalue weighted by atomic mass is 35.5. The molecular weight excluding hydrogens is 336 g/mol. The van der Waals surface area contributed by atoms with E-state index in [0.717, 1.165) is 6.08 Å². The lowest BCUT2D eigenvalue weighted by Crippen LogP contribution is -2.47. The highest BCUT2D eigenvalue weighted by Gasteiger charge is 2.61. The van der Waals surface area contributed by atoms with Crippen LogP contribution in [0.2, 0.25) is 0 Å². The molecule has 2 rings (SSSR count). The molecule has 1 aliphatic rings. The maximum Gasteiger partial charge on any atom is 0.449 e. The number of aromatic carboxylic acids is 1. The van der Waals surface area contributed by atoms with Crippen molar-refractivity contribution in [3.63, 3.8) is 0 Å². The zero-order valence-corrected chi connectivity index (χ0v) is 11.8. The third-order valence-corrected chi connectivity index (χ3v) is 3.75. The number of ether oxygens (including phenoxy) is 2. The van der Waals surface area contributed by atoms with Crippen molar-refractivity contribution in [3.05, 3.63) is 28.3 Å². The SMILES string of the molecule is COc1ccc2c(c1C(=O)O)OC(Cl)(C(F)(F)F)C(Cl)=C2. The molecule has 0 aliphatic carbocycles. The average molecular weight is 343 g/mol. The van der Waals surface area contributed by atoms with Crippen molar-refractivity contribution in [1.29, 1.82) is 0 Å². The number of hydrogen-bond donors (Lipinski definition) is 1. The first-order valence-electron chi connectivity index (χ1n) is 5.38. The summed E-state index contributed by atoms with van der Waals surface area (Å²) < 4.78 is 48.6. The average Bonchev–Trinajstić information content (AvgIpc) is 2.37. The molecule has 114 valence electrons. The summed E-state index contributed by atoms with van der Waals surface area (Å²) in [7, 11) is 1.18. The Hall–Kier alpha value is -1.60. The van der Waals surface area contributed by atoms with Crippen LogP contribution in [0.3, 0.4) is 0 Å². The summed E-state index contributed by atoms with van der Waals surface area (Å²) in [6.45, 7) is 0. The second-order valence-corrected chi connectivity index (χ2v) is 4.99. The predicted octanol–water partition coefficient (Wildman–Crippen LogP) is 3.86. The minimum Gasteiger partial charge on any atom is -0.496 e. The molecule has 1 heterocycles. The second-order valence-electron chi connectivity index (χ2n) is 4.05. The molecule has 1 unspecified atom stereocenters. The van der Waals surface area contributed by atoms with Crippen LogP contribution in [0.4, 0.5) is 13.2 Å². The molecule has 1 aromatic carbocycles. The Morgan fingerprint density at radius 3 is 2.52 bits per heavy atom. The summed E-state index contributed by atoms with van der Waals surface area (Å²) in [6.07, 6.45) is -4.13. The fourth-order valence-corrected chi connectivity index (χ4v) is 2.18. The lowest BCUT2D eigenvalue weighted by atomic mass is 10.0. The molecule has 9 heteroatoms. The van der Waals surface area contributed by atoms with Crippen LogP contribution in [-0.4, -0.2) is 29.4 Å². The van der Waals surface area contributed by atoms with Crippen molar-refractivity contribution in [2.75, 3.05) is 7.11 Å². The normalized spacial score (nSPS) is 21.1. The van der Waals surface area contributed by atoms with Gasteiger partial charge in [-0.3, -0.25) is 0 Å². The van der Waals surface area contributed by atoms with Crippen LogP contribution in [-0.2, 0) is 0 Å². The van der Waals surface area contributed by atoms with Gasteiger partial charge in [-0.15, -0.1) is 0 Å². The van der Waals surface area contributed by atoms with Gasteiger partial charge in [-0.2, -0.15) is 13.2 Å². The van der Waals surface area contributed by atoms with Crippen LogP contribution in [0.1, 0.15) is 15.9 Å². The highest BCUT2D eigenvalue weighted by molar-refractivity contribution is 6.41. The van der Waals surface area contributed by atoms with E-state index in [0.29, 0.717) is 0 Å². The van der Waals surface area contributed by atoms with Crippen LogP contribution in [0.15, 0.2) is 17.2 Å². The first-order valence-corrected chi connectivity index (χ1v) is 6.14. The van der Waals surface area contributed by atoms with E-state index in [1.807, 2.05) is 0 Å². The summed E-state index contributed by atoms with van der Waals surface area (Å²) in [6, 6.07) is 2.59. The molecule has 1 aromatic rings. The van der Waals surface area contributed by atoms with Crippen molar-refractivity contribution < 1.29 is 32.5 Å². The van der Waals surface area contributed by atoms with E-state index < -0.39 is 33.6 Å². The van der Waals surface area contributed by atoms with Gasteiger partial charge < -0.3 is 14.6 Å². The Kier molecular flexibility index (Phi) is 3.75. The third-order valence-electron chi connectivity index (χ3n) is 2.78. The summed E-state index contributed by atoms with van der Waals surface area (Å²) in [5.41, 5.74) is -0.511. The van der Waals surface area contributed by atoms with E-state index in [-0.39, 0.29) is 11.3 Å². The van der Waals surface area contributed by atoms with Crippen molar-refractivity contribution >= 4 is 35.2 Å². The number of benzene rings is 1. The van der Waals surface area contributed by atoms with Gasteiger partial charge in [-0.25, -0.2) is 4.79 Å². The van der Waals surface area contributed by atoms with Gasteiger partial charge in [0.25, 0.3) is 0 Å². The molecule has 1 N–H and O–H groups in total. The number of carboxylic acid groups (broad SMARTS) is 1. The van der Waals surface area contributed by atoms with Gasteiger partial charge in [0.05, 0.1) is 12.1 Å². The van der Waals surface area contributed by atoms with E-state index in [9.17, 15) is 18.0 Å². The van der Waals surface area contributed by atoms with Crippen LogP contribution in [0, 0.1) is 0 Å². The van der Waals surface area contributed by atoms with Crippen LogP contribution in [0.5, 0.6) is 11.5 Å². The molecule has 0 amide bonds. The number of carboxylic acids is 1. The summed E-state index contributed by atoms with van der Waals surface area (Å²) >= 11 is 11.0. The van der Waals surface area contributed by atoms with Crippen molar-refractivity contribution in [1.82, 2.24) is 0 Å². The molecule has 0 saturated carbocycles. The quantitative estimate of drug-likeness (QED) is 0.829. The van der Waals surface area contributed by atoms with Gasteiger partial charge in [-0.1, -0.05) is 23.2 Å². The maximum atomic E-state index is 13.0. The molecule has 1 atom stereocenters. The summed E-state index contributed by atoms with van der Waals surface area (Å²) in [5, 5.41) is 5.00. The van der Waals surface area contributed by atoms with Gasteiger partial charge >= 0.3 is 17.2 Å². The van der Waals surface area contributed by atoms with E-state index in [1.165, 1.54) is 19.2 Å². The Labute approximate surface area is 126 Å². The van der Waals surface area contributed by atoms with Crippen LogP contribution < -0.4 is 9.47 Å². The molecule has 21 heavy (non-hydrogen) atoms. The molecule has 0 radical (unpaired) electrons. The predicted molar refractivity (Wildman–Crippen MR) is 69.1 cm³/mol. The maximum absolute atomic E-state index is 13.0. The Morgan fingerprint density at radius 2 is 2.05 bits per heavy atom. The number of rotatable bonds is 2. The summed E-state index contributed by atoms with van der Waals surface area (Å²) in [4.78, 5) is 11.3. The molecule has 0 spiro atoms. The minimum atomic E-state index is -5.04. The molecule has 0 saturated heterocycles. The first-order chi connectivity index (χ1) is 9.61. The number of alkyl halides is 4. The zero-order chi connectivity index (χ0) is 16.0. The van der Waals surface area contributed by atoms with Gasteiger partial charge in [0.15, 0.2) is 0 Å². The molecule has 0 aromatic heterocycles. The lowest BCUT2D eigenvalue weighted by Gasteiger charge is -2.34. The third kappa shape index (κ3) is 2.40. The van der Waals surface area contributed by atoms with Gasteiger partial charge in [-0.05, 0) is 18.2 Å². The van der Waals surface area contributed by atoms with Gasteiger partial charge in [0.2, 0.25) is 0 Å². The number of hydrogen-bond acceptors (Lipinski definition) is 3. The topological polar surface area (TPSA) is 55.8 Å². The van der Waals surface area contributed by atoms with Crippen LogP contribution in [0.25, 0.3) is 6.08 Å². The highest BCUT2D eigenvalue weighted by Crippen LogP contribution is 2.51. The van der Waals surface area contributed by atoms with E-state index in [2.05, 4.69) is 0 Å². The Bertz CT molecular complexity index is 642. The molecule has 4 nitrogen and oxygen atoms in total. The van der Waals surface area contributed by atoms with Crippen molar-refractivity contribution in [3.8, 4) is 11.5 Å². The molecular formula is C12H7Cl2F3O4. The van der Waals surface area contributed by atoms with Gasteiger partial charge in [0.1, 0.15) is 17.1 Å². The standard InChI is InChI=1S/C12H7Cl2F3O4/c1-20-6-3-2-5-4-7(13)11(14,12(15,16)17)21-9(5)8(6)10(18)19/h2-4H,1H3,(H,18,19). The second kappa shape index (κ2) is 4.99. The molecule has 0 fully saturated rings. The summed E-state index contributed by atoms with van der Waals surface area (Å²) in [5.74, 6) is -2.23.